The quantitative estimate of drug-likeness (QED) is 0.624. The lowest BCUT2D eigenvalue weighted by molar-refractivity contribution is -0.161. The third-order valence-corrected chi connectivity index (χ3v) is 5.73. The van der Waals surface area contributed by atoms with Crippen LogP contribution in [0.3, 0.4) is 0 Å². The van der Waals surface area contributed by atoms with E-state index in [4.69, 9.17) is 4.42 Å². The minimum absolute atomic E-state index is 0.0298. The maximum Gasteiger partial charge on any atom is 0.292 e. The zero-order chi connectivity index (χ0) is 21.5. The molecule has 2 saturated heterocycles. The Hall–Kier alpha value is -3.31. The lowest BCUT2D eigenvalue weighted by atomic mass is 9.85. The van der Waals surface area contributed by atoms with E-state index in [-0.39, 0.29) is 36.0 Å². The summed E-state index contributed by atoms with van der Waals surface area (Å²) < 4.78 is 6.61. The van der Waals surface area contributed by atoms with E-state index in [2.05, 4.69) is 25.6 Å². The highest BCUT2D eigenvalue weighted by Gasteiger charge is 2.60. The largest absolute Gasteiger partial charge is 0.426 e. The van der Waals surface area contributed by atoms with Gasteiger partial charge in [0, 0.05) is 13.6 Å². The summed E-state index contributed by atoms with van der Waals surface area (Å²) in [5, 5.41) is 14.3. The molecule has 0 saturated carbocycles. The van der Waals surface area contributed by atoms with Crippen molar-refractivity contribution in [2.24, 2.45) is 13.0 Å². The molecule has 1 N–H and O–H groups in total. The van der Waals surface area contributed by atoms with Crippen molar-refractivity contribution < 1.29 is 18.8 Å². The summed E-state index contributed by atoms with van der Waals surface area (Å²) in [4.78, 5) is 45.5. The summed E-state index contributed by atoms with van der Waals surface area (Å²) in [6.07, 6.45) is 3.82. The van der Waals surface area contributed by atoms with Crippen LogP contribution >= 0.6 is 0 Å². The fraction of sp³-hybridized carbons (Fsp3) is 0.611. The van der Waals surface area contributed by atoms with Crippen LogP contribution in [-0.2, 0) is 16.6 Å². The Morgan fingerprint density at radius 2 is 2.17 bits per heavy atom. The maximum atomic E-state index is 13.0. The molecule has 12 heteroatoms. The molecule has 4 heterocycles. The normalized spacial score (nSPS) is 21.9. The van der Waals surface area contributed by atoms with E-state index >= 15 is 0 Å². The van der Waals surface area contributed by atoms with Crippen molar-refractivity contribution >= 4 is 17.7 Å². The molecular weight excluding hydrogens is 392 g/mol. The molecule has 2 unspecified atom stereocenters. The standard InChI is InChI=1S/C18H24N8O4/c1-11(2)13(15-23-20-10-30-15)22-12(27)7-25-8-18(17(25)29)5-4-6-26(18)16(28)14-19-9-21-24(14)3/h9-11,13H,4-8H2,1-3H3,(H,22,27). The molecule has 3 amide bonds. The number of carbonyl (C=O) groups excluding carboxylic acids is 3. The molecule has 0 radical (unpaired) electrons. The molecule has 1 spiro atoms. The molecule has 0 aliphatic carbocycles. The summed E-state index contributed by atoms with van der Waals surface area (Å²) in [5.41, 5.74) is -0.896. The number of aromatic nitrogens is 5. The van der Waals surface area contributed by atoms with Gasteiger partial charge in [-0.2, -0.15) is 5.10 Å². The second-order valence-electron chi connectivity index (χ2n) is 8.03. The number of β-lactam (4-membered cyclic amide) rings is 1. The van der Waals surface area contributed by atoms with Crippen molar-refractivity contribution in [1.29, 1.82) is 0 Å². The van der Waals surface area contributed by atoms with Gasteiger partial charge in [0.2, 0.25) is 24.0 Å². The first-order valence-electron chi connectivity index (χ1n) is 9.84. The summed E-state index contributed by atoms with van der Waals surface area (Å²) in [6, 6.07) is -0.439. The predicted octanol–water partition coefficient (Wildman–Crippen LogP) is -0.471. The molecule has 2 atom stereocenters. The number of rotatable bonds is 6. The van der Waals surface area contributed by atoms with Crippen LogP contribution in [0, 0.1) is 5.92 Å². The van der Waals surface area contributed by atoms with Crippen LogP contribution in [0.4, 0.5) is 0 Å². The number of likely N-dealkylation sites (tertiary alicyclic amines) is 2. The van der Waals surface area contributed by atoms with Gasteiger partial charge in [0.25, 0.3) is 11.8 Å². The number of nitrogens with zero attached hydrogens (tertiary/aromatic N) is 7. The average Bonchev–Trinajstić information content (AvgIpc) is 3.46. The SMILES string of the molecule is CC(C)C(NC(=O)CN1CC2(CCCN2C(=O)c2ncnn2C)C1=O)c1nnco1. The molecule has 4 rings (SSSR count). The van der Waals surface area contributed by atoms with Gasteiger partial charge in [0.15, 0.2) is 0 Å². The van der Waals surface area contributed by atoms with E-state index in [9.17, 15) is 14.4 Å². The Kier molecular flexibility index (Phi) is 5.00. The van der Waals surface area contributed by atoms with Crippen molar-refractivity contribution in [2.45, 2.75) is 38.3 Å². The summed E-state index contributed by atoms with van der Waals surface area (Å²) in [7, 11) is 1.64. The van der Waals surface area contributed by atoms with E-state index in [0.29, 0.717) is 25.4 Å². The fourth-order valence-electron chi connectivity index (χ4n) is 4.18. The van der Waals surface area contributed by atoms with Crippen LogP contribution < -0.4 is 5.32 Å². The minimum Gasteiger partial charge on any atom is -0.426 e. The van der Waals surface area contributed by atoms with Crippen molar-refractivity contribution in [1.82, 2.24) is 40.1 Å². The maximum absolute atomic E-state index is 13.0. The van der Waals surface area contributed by atoms with E-state index in [1.807, 2.05) is 13.8 Å². The van der Waals surface area contributed by atoms with Gasteiger partial charge in [0.1, 0.15) is 17.9 Å². The van der Waals surface area contributed by atoms with Crippen molar-refractivity contribution in [3.63, 3.8) is 0 Å². The molecule has 2 aromatic rings. The molecule has 2 aliphatic rings. The summed E-state index contributed by atoms with van der Waals surface area (Å²) in [5.74, 6) is -0.312. The predicted molar refractivity (Wildman–Crippen MR) is 101 cm³/mol. The van der Waals surface area contributed by atoms with Gasteiger partial charge in [0.05, 0.1) is 13.1 Å². The molecule has 2 aliphatic heterocycles. The Morgan fingerprint density at radius 3 is 2.77 bits per heavy atom. The van der Waals surface area contributed by atoms with Gasteiger partial charge in [-0.25, -0.2) is 9.67 Å². The molecule has 0 bridgehead atoms. The number of aryl methyl sites for hydroxylation is 1. The van der Waals surface area contributed by atoms with Crippen molar-refractivity contribution in [2.75, 3.05) is 19.6 Å². The van der Waals surface area contributed by atoms with E-state index < -0.39 is 11.6 Å². The number of nitrogens with one attached hydrogen (secondary N) is 1. The van der Waals surface area contributed by atoms with E-state index in [0.717, 1.165) is 6.42 Å². The first-order valence-corrected chi connectivity index (χ1v) is 9.84. The van der Waals surface area contributed by atoms with Gasteiger partial charge < -0.3 is 19.5 Å². The van der Waals surface area contributed by atoms with Gasteiger partial charge in [-0.15, -0.1) is 10.2 Å². The van der Waals surface area contributed by atoms with Gasteiger partial charge in [-0.05, 0) is 18.8 Å². The molecule has 2 aromatic heterocycles. The van der Waals surface area contributed by atoms with Gasteiger partial charge in [-0.3, -0.25) is 14.4 Å². The average molecular weight is 416 g/mol. The summed E-state index contributed by atoms with van der Waals surface area (Å²) in [6.45, 7) is 4.55. The number of hydrogen-bond acceptors (Lipinski definition) is 8. The van der Waals surface area contributed by atoms with E-state index in [1.165, 1.54) is 22.3 Å². The second kappa shape index (κ2) is 7.50. The number of carbonyl (C=O) groups is 3. The Balaban J connectivity index is 1.40. The van der Waals surface area contributed by atoms with Gasteiger partial charge >= 0.3 is 0 Å². The van der Waals surface area contributed by atoms with Crippen LogP contribution in [0.5, 0.6) is 0 Å². The van der Waals surface area contributed by atoms with Crippen LogP contribution in [-0.4, -0.2) is 77.7 Å². The number of amides is 3. The molecule has 30 heavy (non-hydrogen) atoms. The third-order valence-electron chi connectivity index (χ3n) is 5.73. The highest BCUT2D eigenvalue weighted by Crippen LogP contribution is 2.39. The topological polar surface area (TPSA) is 139 Å². The fourth-order valence-corrected chi connectivity index (χ4v) is 4.18. The first kappa shape index (κ1) is 20.0. The van der Waals surface area contributed by atoms with E-state index in [1.54, 1.807) is 11.9 Å². The molecule has 2 fully saturated rings. The van der Waals surface area contributed by atoms with Gasteiger partial charge in [-0.1, -0.05) is 13.8 Å². The molecular formula is C18H24N8O4. The Bertz CT molecular complexity index is 955. The lowest BCUT2D eigenvalue weighted by Gasteiger charge is -2.50. The first-order chi connectivity index (χ1) is 14.3. The second-order valence-corrected chi connectivity index (χ2v) is 8.03. The lowest BCUT2D eigenvalue weighted by Crippen LogP contribution is -2.73. The molecule has 160 valence electrons. The summed E-state index contributed by atoms with van der Waals surface area (Å²) >= 11 is 0. The van der Waals surface area contributed by atoms with Crippen molar-refractivity contribution in [3.05, 3.63) is 24.4 Å². The third kappa shape index (κ3) is 3.21. The van der Waals surface area contributed by atoms with Crippen LogP contribution in [0.25, 0.3) is 0 Å². The number of hydrogen-bond donors (Lipinski definition) is 1. The highest BCUT2D eigenvalue weighted by molar-refractivity contribution is 6.02. The minimum atomic E-state index is -0.896. The smallest absolute Gasteiger partial charge is 0.292 e. The Labute approximate surface area is 172 Å². The molecule has 0 aromatic carbocycles. The zero-order valence-corrected chi connectivity index (χ0v) is 17.1. The monoisotopic (exact) mass is 416 g/mol. The van der Waals surface area contributed by atoms with Crippen LogP contribution in [0.15, 0.2) is 17.1 Å². The van der Waals surface area contributed by atoms with Crippen LogP contribution in [0.1, 0.15) is 49.2 Å². The Morgan fingerprint density at radius 1 is 1.37 bits per heavy atom. The molecule has 12 nitrogen and oxygen atoms in total. The zero-order valence-electron chi connectivity index (χ0n) is 17.1. The highest BCUT2D eigenvalue weighted by atomic mass is 16.4. The van der Waals surface area contributed by atoms with Crippen molar-refractivity contribution in [3.8, 4) is 0 Å². The van der Waals surface area contributed by atoms with Crippen LogP contribution in [0.2, 0.25) is 0 Å².